The van der Waals surface area contributed by atoms with Crippen LogP contribution in [0.15, 0.2) is 30.5 Å². The third-order valence-electron chi connectivity index (χ3n) is 5.11. The molecule has 2 bridgehead atoms. The Bertz CT molecular complexity index is 864. The molecule has 130 valence electrons. The highest BCUT2D eigenvalue weighted by molar-refractivity contribution is 6.30. The third-order valence-corrected chi connectivity index (χ3v) is 5.34. The number of amides is 2. The number of likely N-dealkylation sites (N-methyl/N-ethyl adjacent to an activating group) is 1. The van der Waals surface area contributed by atoms with Gasteiger partial charge in [0.15, 0.2) is 0 Å². The van der Waals surface area contributed by atoms with Crippen LogP contribution in [0.1, 0.15) is 23.2 Å². The van der Waals surface area contributed by atoms with Crippen LogP contribution in [-0.2, 0) is 4.79 Å². The number of piperidine rings is 1. The highest BCUT2D eigenvalue weighted by atomic mass is 35.5. The lowest BCUT2D eigenvalue weighted by Crippen LogP contribution is -2.46. The lowest BCUT2D eigenvalue weighted by molar-refractivity contribution is -0.130. The van der Waals surface area contributed by atoms with Crippen LogP contribution in [0.3, 0.4) is 0 Å². The zero-order chi connectivity index (χ0) is 17.7. The van der Waals surface area contributed by atoms with E-state index in [-0.39, 0.29) is 23.7 Å². The van der Waals surface area contributed by atoms with Crippen LogP contribution in [0.5, 0.6) is 0 Å². The largest absolute Gasteiger partial charge is 0.383 e. The first kappa shape index (κ1) is 16.0. The number of likely N-dealkylation sites (tertiary alicyclic amines) is 2. The van der Waals surface area contributed by atoms with Gasteiger partial charge in [-0.1, -0.05) is 17.7 Å². The van der Waals surface area contributed by atoms with Gasteiger partial charge in [-0.2, -0.15) is 5.10 Å². The smallest absolute Gasteiger partial charge is 0.259 e. The summed E-state index contributed by atoms with van der Waals surface area (Å²) < 4.78 is 1.48. The fourth-order valence-corrected chi connectivity index (χ4v) is 3.87. The molecule has 2 aliphatic rings. The second-order valence-electron chi connectivity index (χ2n) is 6.48. The first-order chi connectivity index (χ1) is 12.0. The first-order valence-electron chi connectivity index (χ1n) is 8.14. The van der Waals surface area contributed by atoms with Gasteiger partial charge in [0.2, 0.25) is 5.91 Å². The van der Waals surface area contributed by atoms with Crippen molar-refractivity contribution in [3.63, 3.8) is 0 Å². The number of nitrogens with two attached hydrogens (primary N) is 1. The fourth-order valence-electron chi connectivity index (χ4n) is 3.68. The standard InChI is InChI=1S/C17H18ClN5O2/c1-21-11-5-6-22(14(8-11)17(21)25)16(24)13-9-20-23(15(13)19)12-4-2-3-10(18)7-12/h2-4,7,9,11,14H,5-6,8,19H2,1H3. The molecule has 0 radical (unpaired) electrons. The molecule has 0 spiro atoms. The Hall–Kier alpha value is -2.54. The number of nitrogens with zero attached hydrogens (tertiary/aromatic N) is 4. The molecule has 2 aliphatic heterocycles. The molecule has 1 aromatic heterocycles. The van der Waals surface area contributed by atoms with E-state index in [9.17, 15) is 9.59 Å². The van der Waals surface area contributed by atoms with E-state index in [2.05, 4.69) is 5.10 Å². The summed E-state index contributed by atoms with van der Waals surface area (Å²) in [6, 6.07) is 6.91. The summed E-state index contributed by atoms with van der Waals surface area (Å²) in [7, 11) is 1.80. The van der Waals surface area contributed by atoms with Gasteiger partial charge < -0.3 is 15.5 Å². The number of carbonyl (C=O) groups is 2. The van der Waals surface area contributed by atoms with Crippen molar-refractivity contribution >= 4 is 29.2 Å². The van der Waals surface area contributed by atoms with Gasteiger partial charge in [-0.3, -0.25) is 9.59 Å². The molecule has 2 atom stereocenters. The van der Waals surface area contributed by atoms with Crippen molar-refractivity contribution in [1.82, 2.24) is 19.6 Å². The maximum Gasteiger partial charge on any atom is 0.259 e. The van der Waals surface area contributed by atoms with Gasteiger partial charge in [0.05, 0.1) is 11.9 Å². The molecule has 2 saturated heterocycles. The van der Waals surface area contributed by atoms with Gasteiger partial charge in [0.25, 0.3) is 5.91 Å². The Labute approximate surface area is 149 Å². The molecule has 2 amide bonds. The number of carbonyl (C=O) groups excluding carboxylic acids is 2. The minimum atomic E-state index is -0.398. The molecule has 7 nitrogen and oxygen atoms in total. The van der Waals surface area contributed by atoms with Crippen molar-refractivity contribution in [2.45, 2.75) is 24.9 Å². The van der Waals surface area contributed by atoms with E-state index in [1.165, 1.54) is 10.9 Å². The SMILES string of the molecule is CN1C(=O)C2CC1CCN2C(=O)c1cnn(-c2cccc(Cl)c2)c1N. The van der Waals surface area contributed by atoms with Crippen molar-refractivity contribution in [2.75, 3.05) is 19.3 Å². The lowest BCUT2D eigenvalue weighted by atomic mass is 10.0. The maximum absolute atomic E-state index is 13.0. The van der Waals surface area contributed by atoms with E-state index in [0.717, 1.165) is 6.42 Å². The summed E-state index contributed by atoms with van der Waals surface area (Å²) >= 11 is 6.01. The van der Waals surface area contributed by atoms with Crippen LogP contribution in [0.4, 0.5) is 5.82 Å². The molecule has 2 aromatic rings. The molecule has 3 heterocycles. The second kappa shape index (κ2) is 5.77. The average Bonchev–Trinajstić information content (AvgIpc) is 3.09. The summed E-state index contributed by atoms with van der Waals surface area (Å²) in [5.41, 5.74) is 7.15. The normalized spacial score (nSPS) is 22.6. The van der Waals surface area contributed by atoms with E-state index in [1.54, 1.807) is 35.0 Å². The van der Waals surface area contributed by atoms with E-state index < -0.39 is 6.04 Å². The van der Waals surface area contributed by atoms with Crippen LogP contribution in [0.25, 0.3) is 5.69 Å². The zero-order valence-corrected chi connectivity index (χ0v) is 14.5. The molecule has 0 aliphatic carbocycles. The highest BCUT2D eigenvalue weighted by Gasteiger charge is 2.46. The van der Waals surface area contributed by atoms with Gasteiger partial charge >= 0.3 is 0 Å². The lowest BCUT2D eigenvalue weighted by Gasteiger charge is -2.30. The number of fused-ring (bicyclic) bond motifs is 2. The fraction of sp³-hybridized carbons (Fsp3) is 0.353. The van der Waals surface area contributed by atoms with Gasteiger partial charge in [-0.05, 0) is 31.0 Å². The van der Waals surface area contributed by atoms with Gasteiger partial charge in [-0.25, -0.2) is 4.68 Å². The number of aromatic nitrogens is 2. The summed E-state index contributed by atoms with van der Waals surface area (Å²) in [5, 5.41) is 4.79. The number of benzene rings is 1. The summed E-state index contributed by atoms with van der Waals surface area (Å²) in [6.45, 7) is 0.548. The van der Waals surface area contributed by atoms with Crippen LogP contribution >= 0.6 is 11.6 Å². The number of anilines is 1. The van der Waals surface area contributed by atoms with Crippen LogP contribution < -0.4 is 5.73 Å². The molecule has 25 heavy (non-hydrogen) atoms. The minimum Gasteiger partial charge on any atom is -0.383 e. The molecule has 4 rings (SSSR count). The summed E-state index contributed by atoms with van der Waals surface area (Å²) in [6.07, 6.45) is 2.92. The van der Waals surface area contributed by atoms with Crippen LogP contribution in [-0.4, -0.2) is 57.1 Å². The number of halogens is 1. The molecule has 2 fully saturated rings. The average molecular weight is 360 g/mol. The van der Waals surface area contributed by atoms with Gasteiger partial charge in [-0.15, -0.1) is 0 Å². The number of hydrogen-bond donors (Lipinski definition) is 1. The Morgan fingerprint density at radius 2 is 2.20 bits per heavy atom. The van der Waals surface area contributed by atoms with Crippen LogP contribution in [0.2, 0.25) is 5.02 Å². The highest BCUT2D eigenvalue weighted by Crippen LogP contribution is 2.32. The number of nitrogen functional groups attached to an aromatic ring is 1. The Morgan fingerprint density at radius 3 is 2.96 bits per heavy atom. The minimum absolute atomic E-state index is 0.00310. The van der Waals surface area contributed by atoms with Crippen molar-refractivity contribution in [1.29, 1.82) is 0 Å². The van der Waals surface area contributed by atoms with Gasteiger partial charge in [0.1, 0.15) is 17.4 Å². The second-order valence-corrected chi connectivity index (χ2v) is 6.91. The molecule has 2 unspecified atom stereocenters. The maximum atomic E-state index is 13.0. The Kier molecular flexibility index (Phi) is 3.68. The van der Waals surface area contributed by atoms with E-state index in [0.29, 0.717) is 29.2 Å². The van der Waals surface area contributed by atoms with Crippen molar-refractivity contribution in [2.24, 2.45) is 0 Å². The van der Waals surface area contributed by atoms with Gasteiger partial charge in [0, 0.05) is 24.7 Å². The zero-order valence-electron chi connectivity index (χ0n) is 13.7. The van der Waals surface area contributed by atoms with Crippen LogP contribution in [0, 0.1) is 0 Å². The Balaban J connectivity index is 1.65. The predicted molar refractivity (Wildman–Crippen MR) is 93.6 cm³/mol. The topological polar surface area (TPSA) is 84.5 Å². The van der Waals surface area contributed by atoms with E-state index in [4.69, 9.17) is 17.3 Å². The molecule has 2 N–H and O–H groups in total. The molecule has 0 saturated carbocycles. The summed E-state index contributed by atoms with van der Waals surface area (Å²) in [4.78, 5) is 28.7. The third kappa shape index (κ3) is 2.46. The Morgan fingerprint density at radius 1 is 1.40 bits per heavy atom. The quantitative estimate of drug-likeness (QED) is 0.881. The number of hydrogen-bond acceptors (Lipinski definition) is 4. The van der Waals surface area contributed by atoms with E-state index >= 15 is 0 Å². The molecular formula is C17H18ClN5O2. The van der Waals surface area contributed by atoms with Crippen molar-refractivity contribution < 1.29 is 9.59 Å². The first-order valence-corrected chi connectivity index (χ1v) is 8.52. The van der Waals surface area contributed by atoms with Crippen molar-refractivity contribution in [3.05, 3.63) is 41.0 Å². The molecular weight excluding hydrogens is 342 g/mol. The molecule has 8 heteroatoms. The number of rotatable bonds is 2. The summed E-state index contributed by atoms with van der Waals surface area (Å²) in [5.74, 6) is -0.0114. The van der Waals surface area contributed by atoms with Crippen molar-refractivity contribution in [3.8, 4) is 5.69 Å². The molecule has 1 aromatic carbocycles. The van der Waals surface area contributed by atoms with E-state index in [1.807, 2.05) is 6.07 Å². The monoisotopic (exact) mass is 359 g/mol. The predicted octanol–water partition coefficient (Wildman–Crippen LogP) is 1.55.